The van der Waals surface area contributed by atoms with E-state index in [2.05, 4.69) is 41.2 Å². The van der Waals surface area contributed by atoms with Crippen molar-refractivity contribution < 1.29 is 0 Å². The van der Waals surface area contributed by atoms with Crippen molar-refractivity contribution in [1.82, 2.24) is 4.98 Å². The Bertz CT molecular complexity index is 572. The number of benzene rings is 1. The minimum Gasteiger partial charge on any atom is -0.289 e. The Kier molecular flexibility index (Phi) is 2.63. The fraction of sp³-hybridized carbons (Fsp3) is 0.333. The van der Waals surface area contributed by atoms with Crippen LogP contribution in [-0.2, 0) is 0 Å². The van der Waals surface area contributed by atoms with Crippen LogP contribution in [0.4, 0.5) is 0 Å². The Labute approximate surface area is 101 Å². The molecule has 0 aliphatic carbocycles. The van der Waals surface area contributed by atoms with Gasteiger partial charge in [-0.2, -0.15) is 0 Å². The van der Waals surface area contributed by atoms with Crippen LogP contribution >= 0.6 is 0 Å². The van der Waals surface area contributed by atoms with Crippen molar-refractivity contribution in [3.05, 3.63) is 42.1 Å². The van der Waals surface area contributed by atoms with E-state index in [9.17, 15) is 0 Å². The number of rotatable bonds is 1. The first-order chi connectivity index (χ1) is 8.33. The predicted octanol–water partition coefficient (Wildman–Crippen LogP) is 3.45. The Morgan fingerprint density at radius 2 is 2.18 bits per heavy atom. The van der Waals surface area contributed by atoms with E-state index in [1.807, 2.05) is 12.3 Å². The second kappa shape index (κ2) is 4.28. The minimum atomic E-state index is 0.737. The molecule has 1 aliphatic rings. The normalized spacial score (nSPS) is 20.3. The highest BCUT2D eigenvalue weighted by Gasteiger charge is 2.13. The third-order valence-electron chi connectivity index (χ3n) is 3.40. The number of fused-ring (bicyclic) bond motifs is 1. The molecule has 2 heteroatoms. The number of aliphatic imine (C=N–C) groups is 1. The van der Waals surface area contributed by atoms with Gasteiger partial charge >= 0.3 is 0 Å². The molecule has 1 aliphatic heterocycles. The van der Waals surface area contributed by atoms with Crippen molar-refractivity contribution in [2.24, 2.45) is 10.9 Å². The summed E-state index contributed by atoms with van der Waals surface area (Å²) in [5, 5.41) is 1.20. The van der Waals surface area contributed by atoms with Crippen LogP contribution in [0.15, 0.2) is 41.5 Å². The lowest BCUT2D eigenvalue weighted by Crippen LogP contribution is -2.14. The van der Waals surface area contributed by atoms with Gasteiger partial charge in [0.05, 0.1) is 5.52 Å². The van der Waals surface area contributed by atoms with Crippen LogP contribution in [0.5, 0.6) is 0 Å². The average Bonchev–Trinajstić information content (AvgIpc) is 2.39. The Balaban J connectivity index is 2.01. The van der Waals surface area contributed by atoms with Gasteiger partial charge in [-0.3, -0.25) is 9.98 Å². The first-order valence-corrected chi connectivity index (χ1v) is 6.21. The van der Waals surface area contributed by atoms with Crippen molar-refractivity contribution >= 4 is 16.6 Å². The van der Waals surface area contributed by atoms with Crippen LogP contribution in [0.25, 0.3) is 10.9 Å². The SMILES string of the molecule is C[C@H]1CCC(c2ccc3ncccc3c2)=NC1. The van der Waals surface area contributed by atoms with Gasteiger partial charge in [-0.05, 0) is 42.5 Å². The molecule has 0 N–H and O–H groups in total. The number of hydrogen-bond acceptors (Lipinski definition) is 2. The van der Waals surface area contributed by atoms with Gasteiger partial charge in [0.2, 0.25) is 0 Å². The first kappa shape index (κ1) is 10.5. The molecular formula is C15H16N2. The summed E-state index contributed by atoms with van der Waals surface area (Å²) in [7, 11) is 0. The molecule has 0 amide bonds. The van der Waals surface area contributed by atoms with Crippen molar-refractivity contribution in [2.45, 2.75) is 19.8 Å². The Morgan fingerprint density at radius 3 is 3.00 bits per heavy atom. The van der Waals surface area contributed by atoms with Crippen molar-refractivity contribution in [3.8, 4) is 0 Å². The molecule has 0 saturated heterocycles. The van der Waals surface area contributed by atoms with E-state index in [-0.39, 0.29) is 0 Å². The molecule has 1 aromatic heterocycles. The largest absolute Gasteiger partial charge is 0.289 e. The van der Waals surface area contributed by atoms with E-state index in [4.69, 9.17) is 0 Å². The van der Waals surface area contributed by atoms with Crippen molar-refractivity contribution in [3.63, 3.8) is 0 Å². The zero-order chi connectivity index (χ0) is 11.7. The number of pyridine rings is 1. The summed E-state index contributed by atoms with van der Waals surface area (Å²) in [4.78, 5) is 9.02. The molecule has 0 fully saturated rings. The Hall–Kier alpha value is -1.70. The number of hydrogen-bond donors (Lipinski definition) is 0. The molecule has 3 rings (SSSR count). The van der Waals surface area contributed by atoms with Crippen LogP contribution in [0.1, 0.15) is 25.3 Å². The molecule has 0 bridgehead atoms. The summed E-state index contributed by atoms with van der Waals surface area (Å²) < 4.78 is 0. The topological polar surface area (TPSA) is 25.2 Å². The molecule has 17 heavy (non-hydrogen) atoms. The number of aromatic nitrogens is 1. The summed E-state index contributed by atoms with van der Waals surface area (Å²) in [5.41, 5.74) is 3.58. The van der Waals surface area contributed by atoms with Gasteiger partial charge in [-0.25, -0.2) is 0 Å². The van der Waals surface area contributed by atoms with Gasteiger partial charge < -0.3 is 0 Å². The molecule has 0 saturated carbocycles. The van der Waals surface area contributed by atoms with Gasteiger partial charge in [0.25, 0.3) is 0 Å². The molecule has 86 valence electrons. The summed E-state index contributed by atoms with van der Waals surface area (Å²) in [5.74, 6) is 0.737. The highest BCUT2D eigenvalue weighted by Crippen LogP contribution is 2.20. The second-order valence-corrected chi connectivity index (χ2v) is 4.84. The summed E-state index contributed by atoms with van der Waals surface area (Å²) >= 11 is 0. The lowest BCUT2D eigenvalue weighted by atomic mass is 9.95. The Morgan fingerprint density at radius 1 is 1.24 bits per heavy atom. The minimum absolute atomic E-state index is 0.737. The van der Waals surface area contributed by atoms with Crippen LogP contribution in [0.3, 0.4) is 0 Å². The lowest BCUT2D eigenvalue weighted by molar-refractivity contribution is 0.538. The highest BCUT2D eigenvalue weighted by molar-refractivity contribution is 6.03. The molecule has 2 nitrogen and oxygen atoms in total. The first-order valence-electron chi connectivity index (χ1n) is 6.21. The third-order valence-corrected chi connectivity index (χ3v) is 3.40. The van der Waals surface area contributed by atoms with Crippen LogP contribution < -0.4 is 0 Å². The monoisotopic (exact) mass is 224 g/mol. The maximum absolute atomic E-state index is 4.68. The van der Waals surface area contributed by atoms with E-state index in [0.717, 1.165) is 24.4 Å². The molecule has 0 unspecified atom stereocenters. The van der Waals surface area contributed by atoms with Crippen LogP contribution in [0.2, 0.25) is 0 Å². The molecule has 0 radical (unpaired) electrons. The smallest absolute Gasteiger partial charge is 0.0702 e. The maximum Gasteiger partial charge on any atom is 0.0702 e. The molecule has 0 spiro atoms. The fourth-order valence-corrected chi connectivity index (χ4v) is 2.31. The summed E-state index contributed by atoms with van der Waals surface area (Å²) in [6.07, 6.45) is 4.19. The van der Waals surface area contributed by atoms with E-state index >= 15 is 0 Å². The van der Waals surface area contributed by atoms with Gasteiger partial charge in [0.1, 0.15) is 0 Å². The van der Waals surface area contributed by atoms with Gasteiger partial charge in [-0.1, -0.05) is 19.1 Å². The maximum atomic E-state index is 4.68. The quantitative estimate of drug-likeness (QED) is 0.728. The van der Waals surface area contributed by atoms with E-state index in [1.54, 1.807) is 0 Å². The van der Waals surface area contributed by atoms with Crippen molar-refractivity contribution in [1.29, 1.82) is 0 Å². The van der Waals surface area contributed by atoms with E-state index in [1.165, 1.54) is 23.1 Å². The molecule has 2 aromatic rings. The molecule has 2 heterocycles. The lowest BCUT2D eigenvalue weighted by Gasteiger charge is -2.17. The fourth-order valence-electron chi connectivity index (χ4n) is 2.31. The average molecular weight is 224 g/mol. The predicted molar refractivity (Wildman–Crippen MR) is 71.5 cm³/mol. The van der Waals surface area contributed by atoms with Crippen LogP contribution in [-0.4, -0.2) is 17.2 Å². The van der Waals surface area contributed by atoms with Crippen molar-refractivity contribution in [2.75, 3.05) is 6.54 Å². The van der Waals surface area contributed by atoms with Gasteiger partial charge in [0, 0.05) is 23.8 Å². The summed E-state index contributed by atoms with van der Waals surface area (Å²) in [6, 6.07) is 10.5. The molecule has 1 atom stereocenters. The zero-order valence-corrected chi connectivity index (χ0v) is 10.1. The summed E-state index contributed by atoms with van der Waals surface area (Å²) in [6.45, 7) is 3.24. The number of nitrogens with zero attached hydrogens (tertiary/aromatic N) is 2. The zero-order valence-electron chi connectivity index (χ0n) is 10.1. The highest BCUT2D eigenvalue weighted by atomic mass is 14.8. The molecular weight excluding hydrogens is 208 g/mol. The standard InChI is InChI=1S/C15H16N2/c1-11-4-6-15(17-10-11)13-5-7-14-12(9-13)3-2-8-16-14/h2-3,5,7-9,11H,4,6,10H2,1H3/t11-/m0/s1. The molecule has 1 aromatic carbocycles. The van der Waals surface area contributed by atoms with Gasteiger partial charge in [-0.15, -0.1) is 0 Å². The third kappa shape index (κ3) is 2.07. The van der Waals surface area contributed by atoms with E-state index in [0.29, 0.717) is 0 Å². The van der Waals surface area contributed by atoms with E-state index < -0.39 is 0 Å². The van der Waals surface area contributed by atoms with Gasteiger partial charge in [0.15, 0.2) is 0 Å². The second-order valence-electron chi connectivity index (χ2n) is 4.84. The van der Waals surface area contributed by atoms with Crippen LogP contribution in [0, 0.1) is 5.92 Å².